The zero-order valence-electron chi connectivity index (χ0n) is 3.40. The third-order valence-electron chi connectivity index (χ3n) is 0.187. The average Bonchev–Trinajstić information content (AvgIpc) is 1.36. The second-order valence-corrected chi connectivity index (χ2v) is 1.74. The van der Waals surface area contributed by atoms with E-state index >= 15 is 0 Å². The first kappa shape index (κ1) is 11.2. The van der Waals surface area contributed by atoms with E-state index in [1.54, 1.807) is 0 Å². The Morgan fingerprint density at radius 2 is 1.71 bits per heavy atom. The molecule has 0 amide bonds. The van der Waals surface area contributed by atoms with Gasteiger partial charge >= 0.3 is 5.97 Å². The van der Waals surface area contributed by atoms with Crippen LogP contribution in [0.3, 0.4) is 0 Å². The van der Waals surface area contributed by atoms with Crippen LogP contribution >= 0.6 is 23.2 Å². The van der Waals surface area contributed by atoms with Crippen molar-refractivity contribution in [3.8, 4) is 0 Å². The zero-order valence-corrected chi connectivity index (χ0v) is 7.12. The van der Waals surface area contributed by atoms with Crippen molar-refractivity contribution >= 4 is 66.9 Å². The fourth-order valence-corrected chi connectivity index (χ4v) is 0. The minimum Gasteiger partial charge on any atom is -0.479 e. The third kappa shape index (κ3) is 7.31. The number of carboxylic acids is 1. The summed E-state index contributed by atoms with van der Waals surface area (Å²) >= 11 is 9.56. The van der Waals surface area contributed by atoms with E-state index in [0.717, 1.165) is 0 Å². The number of carbonyl (C=O) groups is 1. The number of hydrogen-bond acceptors (Lipinski definition) is 1. The third-order valence-corrected chi connectivity index (χ3v) is 0.560. The first-order valence-electron chi connectivity index (χ1n) is 1.15. The topological polar surface area (TPSA) is 37.3 Å². The van der Waals surface area contributed by atoms with Gasteiger partial charge in [-0.25, -0.2) is 4.79 Å². The van der Waals surface area contributed by atoms with E-state index in [-0.39, 0.29) is 37.7 Å². The van der Waals surface area contributed by atoms with Gasteiger partial charge < -0.3 is 5.11 Å². The van der Waals surface area contributed by atoms with Crippen molar-refractivity contribution in [2.75, 3.05) is 0 Å². The molecule has 0 aromatic carbocycles. The quantitative estimate of drug-likeness (QED) is 0.458. The van der Waals surface area contributed by atoms with Crippen LogP contribution in [0.25, 0.3) is 0 Å². The fraction of sp³-hybridized carbons (Fsp3) is 0.500. The van der Waals surface area contributed by atoms with Crippen LogP contribution in [0.2, 0.25) is 0 Å². The summed E-state index contributed by atoms with van der Waals surface area (Å²) in [4.78, 5) is 8.15. The van der Waals surface area contributed by atoms with Crippen LogP contribution in [0.4, 0.5) is 0 Å². The number of halogens is 2. The molecule has 0 heterocycles. The number of hydrogen-bond donors (Lipinski definition) is 1. The summed E-state index contributed by atoms with van der Waals surface area (Å²) in [7, 11) is 0. The molecule has 0 unspecified atom stereocenters. The minimum atomic E-state index is -1.29. The van der Waals surface area contributed by atoms with Crippen molar-refractivity contribution in [1.82, 2.24) is 0 Å². The van der Waals surface area contributed by atoms with Crippen molar-refractivity contribution in [2.45, 2.75) is 4.84 Å². The van der Waals surface area contributed by atoms with Gasteiger partial charge in [-0.05, 0) is 0 Å². The summed E-state index contributed by atoms with van der Waals surface area (Å²) in [6.45, 7) is 0. The molecule has 7 heavy (non-hydrogen) atoms. The number of aliphatic carboxylic acids is 1. The SMILES string of the molecule is O=C(O)C(Cl)Cl.[Ca]. The summed E-state index contributed by atoms with van der Waals surface area (Å²) in [5, 5.41) is 7.73. The molecule has 5 heteroatoms. The molecule has 0 bridgehead atoms. The predicted octanol–water partition coefficient (Wildman–Crippen LogP) is 0.494. The van der Waals surface area contributed by atoms with Gasteiger partial charge in [0.1, 0.15) is 0 Å². The van der Waals surface area contributed by atoms with Gasteiger partial charge in [-0.2, -0.15) is 0 Å². The molecule has 0 aliphatic carbocycles. The van der Waals surface area contributed by atoms with Crippen molar-refractivity contribution in [2.24, 2.45) is 0 Å². The minimum absolute atomic E-state index is 0. The molecule has 2 nitrogen and oxygen atoms in total. The molecule has 0 aromatic heterocycles. The van der Waals surface area contributed by atoms with Crippen LogP contribution < -0.4 is 0 Å². The van der Waals surface area contributed by atoms with E-state index in [1.165, 1.54) is 0 Å². The molecule has 38 valence electrons. The molecular weight excluding hydrogens is 167 g/mol. The van der Waals surface area contributed by atoms with Crippen molar-refractivity contribution in [1.29, 1.82) is 0 Å². The number of rotatable bonds is 1. The molecule has 1 N–H and O–H groups in total. The predicted molar refractivity (Wildman–Crippen MR) is 28.9 cm³/mol. The zero-order chi connectivity index (χ0) is 5.15. The maximum absolute atomic E-state index is 9.44. The molecule has 2 radical (unpaired) electrons. The van der Waals surface area contributed by atoms with Crippen LogP contribution in [0, 0.1) is 0 Å². The standard InChI is InChI=1S/C2H2Cl2O2.Ca/c3-1(4)2(5)6;/h1H,(H,5,6);. The summed E-state index contributed by atoms with van der Waals surface area (Å²) < 4.78 is 0. The monoisotopic (exact) mass is 168 g/mol. The van der Waals surface area contributed by atoms with Gasteiger partial charge in [0.25, 0.3) is 0 Å². The second-order valence-electron chi connectivity index (χ2n) is 0.639. The first-order valence-corrected chi connectivity index (χ1v) is 2.03. The second kappa shape index (κ2) is 5.45. The Kier molecular flexibility index (Phi) is 8.68. The van der Waals surface area contributed by atoms with Crippen molar-refractivity contribution < 1.29 is 9.90 Å². The van der Waals surface area contributed by atoms with Crippen molar-refractivity contribution in [3.63, 3.8) is 0 Å². The number of alkyl halides is 2. The molecule has 0 fully saturated rings. The molecule has 0 atom stereocenters. The summed E-state index contributed by atoms with van der Waals surface area (Å²) in [5.41, 5.74) is 0. The average molecular weight is 169 g/mol. The first-order chi connectivity index (χ1) is 2.64. The Morgan fingerprint density at radius 3 is 1.71 bits per heavy atom. The van der Waals surface area contributed by atoms with Crippen LogP contribution in [-0.4, -0.2) is 53.7 Å². The van der Waals surface area contributed by atoms with Gasteiger partial charge in [-0.15, -0.1) is 0 Å². The van der Waals surface area contributed by atoms with Gasteiger partial charge in [-0.1, -0.05) is 23.2 Å². The number of carboxylic acid groups (broad SMARTS) is 1. The van der Waals surface area contributed by atoms with E-state index in [2.05, 4.69) is 0 Å². The van der Waals surface area contributed by atoms with E-state index in [1.807, 2.05) is 0 Å². The largest absolute Gasteiger partial charge is 0.479 e. The van der Waals surface area contributed by atoms with Gasteiger partial charge in [0, 0.05) is 37.7 Å². The van der Waals surface area contributed by atoms with Crippen LogP contribution in [-0.2, 0) is 4.79 Å². The van der Waals surface area contributed by atoms with Gasteiger partial charge in [-0.3, -0.25) is 0 Å². The summed E-state index contributed by atoms with van der Waals surface area (Å²) in [6, 6.07) is 0. The Balaban J connectivity index is 0. The molecule has 0 aliphatic rings. The van der Waals surface area contributed by atoms with Gasteiger partial charge in [0.15, 0.2) is 0 Å². The molecule has 0 rings (SSSR count). The normalized spacial score (nSPS) is 7.86. The molecule has 0 aromatic rings. The van der Waals surface area contributed by atoms with Gasteiger partial charge in [0.2, 0.25) is 4.84 Å². The van der Waals surface area contributed by atoms with E-state index in [9.17, 15) is 4.79 Å². The molecule has 0 aliphatic heterocycles. The maximum Gasteiger partial charge on any atom is 0.337 e. The Hall–Kier alpha value is 1.31. The smallest absolute Gasteiger partial charge is 0.337 e. The van der Waals surface area contributed by atoms with E-state index in [4.69, 9.17) is 28.3 Å². The van der Waals surface area contributed by atoms with E-state index in [0.29, 0.717) is 0 Å². The molecule has 0 spiro atoms. The van der Waals surface area contributed by atoms with Crippen LogP contribution in [0.1, 0.15) is 0 Å². The van der Waals surface area contributed by atoms with Crippen LogP contribution in [0.15, 0.2) is 0 Å². The maximum atomic E-state index is 9.44. The molecular formula is C2H2CaCl2O2. The van der Waals surface area contributed by atoms with Crippen LogP contribution in [0.5, 0.6) is 0 Å². The van der Waals surface area contributed by atoms with Gasteiger partial charge in [0.05, 0.1) is 0 Å². The fourth-order valence-electron chi connectivity index (χ4n) is 0. The molecule has 0 saturated carbocycles. The molecule has 0 saturated heterocycles. The Morgan fingerprint density at radius 1 is 1.57 bits per heavy atom. The van der Waals surface area contributed by atoms with E-state index < -0.39 is 10.8 Å². The summed E-state index contributed by atoms with van der Waals surface area (Å²) in [5.74, 6) is -1.21. The summed E-state index contributed by atoms with van der Waals surface area (Å²) in [6.07, 6.45) is 0. The Bertz CT molecular complexity index is 64.7. The van der Waals surface area contributed by atoms with Crippen molar-refractivity contribution in [3.05, 3.63) is 0 Å². The Labute approximate surface area is 80.8 Å².